The van der Waals surface area contributed by atoms with Crippen LogP contribution < -0.4 is 26.0 Å². The normalized spacial score (nSPS) is 17.4. The van der Waals surface area contributed by atoms with Gasteiger partial charge in [0.15, 0.2) is 16.4 Å². The Bertz CT molecular complexity index is 2390. The summed E-state index contributed by atoms with van der Waals surface area (Å²) < 4.78 is 74.8. The molecule has 2 saturated carbocycles. The number of esters is 1. The van der Waals surface area contributed by atoms with Gasteiger partial charge in [0.25, 0.3) is 5.91 Å². The second kappa shape index (κ2) is 19.1. The number of amides is 3. The molecule has 21 heteroatoms. The number of nitrogens with zero attached hydrogens (tertiary/aromatic N) is 4. The topological polar surface area (TPSA) is 220 Å². The molecule has 1 heterocycles. The third-order valence-electron chi connectivity index (χ3n) is 9.85. The Balaban J connectivity index is 1.05. The predicted molar refractivity (Wildman–Crippen MR) is 216 cm³/mol. The lowest BCUT2D eigenvalue weighted by Crippen LogP contribution is -2.48. The molecule has 16 nitrogen and oxygen atoms in total. The number of sulfone groups is 1. The highest BCUT2D eigenvalue weighted by atomic mass is 35.5. The fraction of sp³-hybridized carbons (Fsp3) is 0.350. The lowest BCUT2D eigenvalue weighted by atomic mass is 9.95. The summed E-state index contributed by atoms with van der Waals surface area (Å²) in [5.41, 5.74) is 0.295. The summed E-state index contributed by atoms with van der Waals surface area (Å²) >= 11 is 6.03. The third kappa shape index (κ3) is 12.0. The van der Waals surface area contributed by atoms with E-state index in [1.807, 2.05) is 12.1 Å². The number of methoxy groups -OCH3 is 1. The van der Waals surface area contributed by atoms with Gasteiger partial charge >= 0.3 is 30.0 Å². The fourth-order valence-electron chi connectivity index (χ4n) is 6.59. The van der Waals surface area contributed by atoms with Crippen LogP contribution in [0.25, 0.3) is 0 Å². The van der Waals surface area contributed by atoms with Crippen molar-refractivity contribution in [2.24, 2.45) is 4.99 Å². The van der Waals surface area contributed by atoms with Crippen LogP contribution in [-0.2, 0) is 34.5 Å². The van der Waals surface area contributed by atoms with Crippen LogP contribution in [0.15, 0.2) is 88.8 Å². The zero-order valence-corrected chi connectivity index (χ0v) is 34.1. The summed E-state index contributed by atoms with van der Waals surface area (Å²) in [5.74, 6) is -4.03. The number of benzene rings is 3. The van der Waals surface area contributed by atoms with E-state index < -0.39 is 69.2 Å². The van der Waals surface area contributed by atoms with Gasteiger partial charge in [0, 0.05) is 35.3 Å². The van der Waals surface area contributed by atoms with Crippen molar-refractivity contribution < 1.29 is 50.2 Å². The highest BCUT2D eigenvalue weighted by Gasteiger charge is 2.45. The van der Waals surface area contributed by atoms with Crippen molar-refractivity contribution >= 4 is 68.4 Å². The molecule has 2 unspecified atom stereocenters. The van der Waals surface area contributed by atoms with E-state index in [0.29, 0.717) is 42.8 Å². The van der Waals surface area contributed by atoms with Crippen LogP contribution in [0.1, 0.15) is 60.9 Å². The SMILES string of the molecule is COC(=O)/C(CCNC(=O)C(=O)NC1CCCC(S(=O)(=O)c2ccccc2)C1)=N\C(=O)c1ccc(Nc2nc(NC3(c4ccc(Cl)cc4)CC3)nc(OCC(F)(F)F)n2)cc1. The predicted octanol–water partition coefficient (Wildman–Crippen LogP) is 5.47. The molecule has 0 bridgehead atoms. The Morgan fingerprint density at radius 3 is 2.25 bits per heavy atom. The van der Waals surface area contributed by atoms with Crippen molar-refractivity contribution in [3.63, 3.8) is 0 Å². The Hall–Kier alpha value is -6.15. The fourth-order valence-corrected chi connectivity index (χ4v) is 8.60. The number of anilines is 3. The number of nitrogens with one attached hydrogen (secondary N) is 4. The summed E-state index contributed by atoms with van der Waals surface area (Å²) in [4.78, 5) is 67.4. The molecule has 4 N–H and O–H groups in total. The number of halogens is 4. The molecule has 0 radical (unpaired) electrons. The van der Waals surface area contributed by atoms with Crippen LogP contribution in [0.2, 0.25) is 5.02 Å². The molecule has 322 valence electrons. The van der Waals surface area contributed by atoms with E-state index in [-0.39, 0.29) is 47.5 Å². The summed E-state index contributed by atoms with van der Waals surface area (Å²) in [6.45, 7) is -1.92. The quantitative estimate of drug-likeness (QED) is 0.0662. The van der Waals surface area contributed by atoms with E-state index >= 15 is 0 Å². The largest absolute Gasteiger partial charge is 0.465 e. The maximum atomic E-state index is 13.1. The van der Waals surface area contributed by atoms with Crippen molar-refractivity contribution in [3.05, 3.63) is 95.0 Å². The van der Waals surface area contributed by atoms with Crippen LogP contribution in [0, 0.1) is 0 Å². The number of alkyl halides is 3. The molecule has 4 aromatic rings. The zero-order valence-electron chi connectivity index (χ0n) is 32.5. The van der Waals surface area contributed by atoms with Crippen molar-refractivity contribution in [3.8, 4) is 6.01 Å². The number of carbonyl (C=O) groups excluding carboxylic acids is 4. The van der Waals surface area contributed by atoms with E-state index in [4.69, 9.17) is 21.1 Å². The maximum absolute atomic E-state index is 13.1. The smallest absolute Gasteiger partial charge is 0.422 e. The standard InChI is InChI=1S/C40H40ClF3N8O8S/c1-59-35(56)31(18-21-45-33(54)34(55)46-28-6-5-9-30(22-28)61(57,58)29-7-3-2-4-8-29)48-32(53)24-10-16-27(17-11-24)47-36-49-37(51-38(50-36)60-23-40(42,43)44)52-39(19-20-39)25-12-14-26(41)15-13-25/h2-4,7-8,10-17,28,30H,5-6,9,18-23H2,1H3,(H,45,54)(H,46,55)(H2,47,49,50,51,52)/b48-31-. The van der Waals surface area contributed by atoms with Crippen molar-refractivity contribution in [1.29, 1.82) is 0 Å². The first kappa shape index (κ1) is 44.4. The van der Waals surface area contributed by atoms with Gasteiger partial charge < -0.3 is 30.7 Å². The van der Waals surface area contributed by atoms with E-state index in [0.717, 1.165) is 12.7 Å². The van der Waals surface area contributed by atoms with Gasteiger partial charge in [0.1, 0.15) is 5.71 Å². The Morgan fingerprint density at radius 2 is 1.59 bits per heavy atom. The Morgan fingerprint density at radius 1 is 0.902 bits per heavy atom. The molecular weight excluding hydrogens is 845 g/mol. The van der Waals surface area contributed by atoms with E-state index in [2.05, 4.69) is 41.2 Å². The lowest BCUT2D eigenvalue weighted by Gasteiger charge is -2.29. The number of aliphatic imine (C=N–C) groups is 1. The zero-order chi connectivity index (χ0) is 43.8. The molecule has 2 fully saturated rings. The van der Waals surface area contributed by atoms with Crippen LogP contribution in [0.4, 0.5) is 30.8 Å². The average Bonchev–Trinajstić information content (AvgIpc) is 4.02. The number of aromatic nitrogens is 3. The minimum absolute atomic E-state index is 0.0290. The number of hydrogen-bond donors (Lipinski definition) is 4. The van der Waals surface area contributed by atoms with Crippen molar-refractivity contribution in [1.82, 2.24) is 25.6 Å². The van der Waals surface area contributed by atoms with Crippen LogP contribution >= 0.6 is 11.6 Å². The molecule has 61 heavy (non-hydrogen) atoms. The lowest BCUT2D eigenvalue weighted by molar-refractivity contribution is -0.154. The minimum Gasteiger partial charge on any atom is -0.465 e. The van der Waals surface area contributed by atoms with Crippen molar-refractivity contribution in [2.75, 3.05) is 30.9 Å². The number of ether oxygens (including phenoxy) is 2. The summed E-state index contributed by atoms with van der Waals surface area (Å²) in [6, 6.07) is 19.5. The highest BCUT2D eigenvalue weighted by molar-refractivity contribution is 7.92. The van der Waals surface area contributed by atoms with Crippen LogP contribution in [0.3, 0.4) is 0 Å². The van der Waals surface area contributed by atoms with Crippen LogP contribution in [0.5, 0.6) is 6.01 Å². The van der Waals surface area contributed by atoms with E-state index in [1.54, 1.807) is 30.3 Å². The van der Waals surface area contributed by atoms with Gasteiger partial charge in [0.2, 0.25) is 11.9 Å². The number of rotatable bonds is 15. The average molecular weight is 885 g/mol. The molecule has 2 aliphatic carbocycles. The first-order chi connectivity index (χ1) is 29.0. The van der Waals surface area contributed by atoms with Gasteiger partial charge in [-0.05, 0) is 86.2 Å². The first-order valence-corrected chi connectivity index (χ1v) is 20.9. The van der Waals surface area contributed by atoms with Gasteiger partial charge in [-0.1, -0.05) is 48.4 Å². The van der Waals surface area contributed by atoms with Gasteiger partial charge in [0.05, 0.1) is 22.8 Å². The molecule has 1 aromatic heterocycles. The number of hydrogen-bond acceptors (Lipinski definition) is 13. The highest BCUT2D eigenvalue weighted by Crippen LogP contribution is 2.48. The maximum Gasteiger partial charge on any atom is 0.422 e. The molecule has 0 spiro atoms. The second-order valence-corrected chi connectivity index (χ2v) is 16.9. The third-order valence-corrected chi connectivity index (χ3v) is 12.3. The summed E-state index contributed by atoms with van der Waals surface area (Å²) in [7, 11) is -2.56. The molecule has 3 aromatic carbocycles. The molecular formula is C40H40ClF3N8O8S. The molecule has 0 aliphatic heterocycles. The van der Waals surface area contributed by atoms with Gasteiger partial charge in [-0.15, -0.1) is 0 Å². The summed E-state index contributed by atoms with van der Waals surface area (Å²) in [5, 5.41) is 10.8. The molecule has 2 atom stereocenters. The van der Waals surface area contributed by atoms with E-state index in [1.165, 1.54) is 36.4 Å². The molecule has 6 rings (SSSR count). The second-order valence-electron chi connectivity index (χ2n) is 14.3. The Kier molecular flexibility index (Phi) is 13.9. The molecule has 0 saturated heterocycles. The minimum atomic E-state index is -4.66. The molecule has 3 amide bonds. The van der Waals surface area contributed by atoms with Crippen LogP contribution in [-0.4, -0.2) is 90.5 Å². The monoisotopic (exact) mass is 884 g/mol. The van der Waals surface area contributed by atoms with E-state index in [9.17, 15) is 40.8 Å². The van der Waals surface area contributed by atoms with Gasteiger partial charge in [-0.2, -0.15) is 28.1 Å². The first-order valence-electron chi connectivity index (χ1n) is 19.0. The van der Waals surface area contributed by atoms with Gasteiger partial charge in [-0.3, -0.25) is 14.4 Å². The molecule has 2 aliphatic rings. The number of carbonyl (C=O) groups is 4. The van der Waals surface area contributed by atoms with Crippen molar-refractivity contribution in [2.45, 2.75) is 72.8 Å². The Labute approximate surface area is 353 Å². The summed E-state index contributed by atoms with van der Waals surface area (Å²) in [6.07, 6.45) is -1.98. The van der Waals surface area contributed by atoms with Gasteiger partial charge in [-0.25, -0.2) is 18.2 Å².